The third-order valence-electron chi connectivity index (χ3n) is 4.01. The first kappa shape index (κ1) is 13.6. The number of benzene rings is 2. The lowest BCUT2D eigenvalue weighted by molar-refractivity contribution is 0.415. The summed E-state index contributed by atoms with van der Waals surface area (Å²) in [7, 11) is 3.68. The normalized spacial score (nSPS) is 11.0. The molecule has 4 rings (SSSR count). The van der Waals surface area contributed by atoms with E-state index in [4.69, 9.17) is 4.74 Å². The van der Waals surface area contributed by atoms with Crippen molar-refractivity contribution in [2.45, 2.75) is 0 Å². The molecule has 2 aromatic heterocycles. The van der Waals surface area contributed by atoms with Crippen LogP contribution in [0.4, 0.5) is 0 Å². The van der Waals surface area contributed by atoms with E-state index in [1.807, 2.05) is 54.5 Å². The lowest BCUT2D eigenvalue weighted by Crippen LogP contribution is -1.92. The van der Waals surface area contributed by atoms with Gasteiger partial charge in [-0.05, 0) is 36.4 Å². The van der Waals surface area contributed by atoms with Crippen molar-refractivity contribution in [2.75, 3.05) is 7.11 Å². The van der Waals surface area contributed by atoms with Gasteiger partial charge in [0.15, 0.2) is 0 Å². The van der Waals surface area contributed by atoms with E-state index in [2.05, 4.69) is 27.3 Å². The van der Waals surface area contributed by atoms with Crippen LogP contribution in [-0.2, 0) is 7.05 Å². The van der Waals surface area contributed by atoms with Crippen LogP contribution in [-0.4, -0.2) is 26.9 Å². The zero-order valence-corrected chi connectivity index (χ0v) is 12.9. The van der Waals surface area contributed by atoms with Crippen LogP contribution in [0.25, 0.3) is 33.4 Å². The molecule has 2 aromatic carbocycles. The largest absolute Gasteiger partial charge is 0.497 e. The zero-order valence-electron chi connectivity index (χ0n) is 12.9. The fourth-order valence-corrected chi connectivity index (χ4v) is 2.82. The third kappa shape index (κ3) is 2.26. The maximum atomic E-state index is 5.23. The Morgan fingerprint density at radius 3 is 2.61 bits per heavy atom. The summed E-state index contributed by atoms with van der Waals surface area (Å²) in [6.07, 6.45) is 3.68. The van der Waals surface area contributed by atoms with Gasteiger partial charge in [0.05, 0.1) is 36.5 Å². The summed E-state index contributed by atoms with van der Waals surface area (Å²) in [5.41, 5.74) is 5.25. The average Bonchev–Trinajstić information content (AvgIpc) is 3.20. The first-order chi connectivity index (χ1) is 11.3. The highest BCUT2D eigenvalue weighted by Crippen LogP contribution is 2.32. The fraction of sp³-hybridized carbons (Fsp3) is 0.111. The fourth-order valence-electron chi connectivity index (χ4n) is 2.82. The van der Waals surface area contributed by atoms with Crippen LogP contribution >= 0.6 is 0 Å². The van der Waals surface area contributed by atoms with Crippen molar-refractivity contribution < 1.29 is 4.74 Å². The summed E-state index contributed by atoms with van der Waals surface area (Å²) in [5, 5.41) is 8.15. The van der Waals surface area contributed by atoms with E-state index in [0.717, 1.165) is 39.2 Å². The van der Waals surface area contributed by atoms with Gasteiger partial charge < -0.3 is 9.30 Å². The lowest BCUT2D eigenvalue weighted by atomic mass is 10.0. The Hall–Kier alpha value is -3.08. The summed E-state index contributed by atoms with van der Waals surface area (Å²) in [6.45, 7) is 0. The minimum absolute atomic E-state index is 0.839. The highest BCUT2D eigenvalue weighted by atomic mass is 16.5. The molecule has 23 heavy (non-hydrogen) atoms. The van der Waals surface area contributed by atoms with Gasteiger partial charge in [-0.3, -0.25) is 5.10 Å². The molecule has 0 fully saturated rings. The lowest BCUT2D eigenvalue weighted by Gasteiger charge is -2.08. The molecule has 0 bridgehead atoms. The Labute approximate surface area is 133 Å². The van der Waals surface area contributed by atoms with Crippen LogP contribution in [0.3, 0.4) is 0 Å². The van der Waals surface area contributed by atoms with E-state index in [1.54, 1.807) is 7.11 Å². The number of nitrogens with zero attached hydrogens (tertiary/aromatic N) is 3. The Morgan fingerprint density at radius 2 is 1.83 bits per heavy atom. The number of hydrogen-bond acceptors (Lipinski definition) is 3. The number of imidazole rings is 1. The SMILES string of the molecule is COc1ccc(-c2ncn(C)c2-c2ccc3[nH]ncc3c2)cc1. The number of ether oxygens (including phenoxy) is 1. The first-order valence-corrected chi connectivity index (χ1v) is 7.35. The minimum atomic E-state index is 0.839. The predicted molar refractivity (Wildman–Crippen MR) is 90.3 cm³/mol. The van der Waals surface area contributed by atoms with E-state index < -0.39 is 0 Å². The van der Waals surface area contributed by atoms with Gasteiger partial charge in [0.1, 0.15) is 5.75 Å². The molecule has 0 saturated carbocycles. The number of fused-ring (bicyclic) bond motifs is 1. The highest BCUT2D eigenvalue weighted by molar-refractivity contribution is 5.87. The molecule has 0 aliphatic rings. The van der Waals surface area contributed by atoms with E-state index >= 15 is 0 Å². The number of aryl methyl sites for hydroxylation is 1. The molecular weight excluding hydrogens is 288 g/mol. The van der Waals surface area contributed by atoms with E-state index in [9.17, 15) is 0 Å². The molecule has 2 heterocycles. The summed E-state index contributed by atoms with van der Waals surface area (Å²) in [6, 6.07) is 14.2. The molecule has 0 radical (unpaired) electrons. The van der Waals surface area contributed by atoms with Crippen molar-refractivity contribution in [3.63, 3.8) is 0 Å². The number of aromatic nitrogens is 4. The Balaban J connectivity index is 1.86. The van der Waals surface area contributed by atoms with E-state index in [1.165, 1.54) is 0 Å². The standard InChI is InChI=1S/C18H16N4O/c1-22-11-19-17(12-3-6-15(23-2)7-4-12)18(22)13-5-8-16-14(9-13)10-20-21-16/h3-11H,1-2H3,(H,20,21). The third-order valence-corrected chi connectivity index (χ3v) is 4.01. The second-order valence-corrected chi connectivity index (χ2v) is 5.45. The molecule has 5 nitrogen and oxygen atoms in total. The summed E-state index contributed by atoms with van der Waals surface area (Å²) >= 11 is 0. The smallest absolute Gasteiger partial charge is 0.118 e. The van der Waals surface area contributed by atoms with Crippen molar-refractivity contribution in [1.82, 2.24) is 19.7 Å². The molecule has 0 atom stereocenters. The number of H-pyrrole nitrogens is 1. The highest BCUT2D eigenvalue weighted by Gasteiger charge is 2.14. The second-order valence-electron chi connectivity index (χ2n) is 5.45. The Kier molecular flexibility index (Phi) is 3.12. The van der Waals surface area contributed by atoms with Gasteiger partial charge in [0.2, 0.25) is 0 Å². The topological polar surface area (TPSA) is 55.7 Å². The summed E-state index contributed by atoms with van der Waals surface area (Å²) in [4.78, 5) is 4.58. The molecule has 0 aliphatic heterocycles. The molecular formula is C18H16N4O. The quantitative estimate of drug-likeness (QED) is 0.628. The van der Waals surface area contributed by atoms with Gasteiger partial charge in [-0.1, -0.05) is 6.07 Å². The van der Waals surface area contributed by atoms with Crippen LogP contribution in [0.15, 0.2) is 55.0 Å². The van der Waals surface area contributed by atoms with Crippen LogP contribution < -0.4 is 4.74 Å². The number of nitrogens with one attached hydrogen (secondary N) is 1. The van der Waals surface area contributed by atoms with Crippen molar-refractivity contribution in [2.24, 2.45) is 7.05 Å². The van der Waals surface area contributed by atoms with Crippen LogP contribution in [0.5, 0.6) is 5.75 Å². The van der Waals surface area contributed by atoms with Crippen LogP contribution in [0, 0.1) is 0 Å². The maximum absolute atomic E-state index is 5.23. The molecule has 0 unspecified atom stereocenters. The van der Waals surface area contributed by atoms with E-state index in [0.29, 0.717) is 0 Å². The van der Waals surface area contributed by atoms with Gasteiger partial charge in [-0.25, -0.2) is 4.98 Å². The van der Waals surface area contributed by atoms with Gasteiger partial charge in [0.25, 0.3) is 0 Å². The van der Waals surface area contributed by atoms with Crippen molar-refractivity contribution >= 4 is 10.9 Å². The summed E-state index contributed by atoms with van der Waals surface area (Å²) in [5.74, 6) is 0.839. The number of hydrogen-bond donors (Lipinski definition) is 1. The molecule has 0 saturated heterocycles. The zero-order chi connectivity index (χ0) is 15.8. The Morgan fingerprint density at radius 1 is 1.04 bits per heavy atom. The van der Waals surface area contributed by atoms with Crippen molar-refractivity contribution in [3.8, 4) is 28.3 Å². The number of methoxy groups -OCH3 is 1. The molecule has 4 aromatic rings. The van der Waals surface area contributed by atoms with E-state index in [-0.39, 0.29) is 0 Å². The van der Waals surface area contributed by atoms with Gasteiger partial charge in [0, 0.05) is 23.6 Å². The van der Waals surface area contributed by atoms with Gasteiger partial charge >= 0.3 is 0 Å². The molecule has 0 aliphatic carbocycles. The maximum Gasteiger partial charge on any atom is 0.118 e. The Bertz CT molecular complexity index is 966. The van der Waals surface area contributed by atoms with Crippen LogP contribution in [0.1, 0.15) is 0 Å². The van der Waals surface area contributed by atoms with Crippen molar-refractivity contribution in [1.29, 1.82) is 0 Å². The van der Waals surface area contributed by atoms with Gasteiger partial charge in [-0.15, -0.1) is 0 Å². The second kappa shape index (κ2) is 5.28. The number of aromatic amines is 1. The number of rotatable bonds is 3. The predicted octanol–water partition coefficient (Wildman–Crippen LogP) is 3.64. The van der Waals surface area contributed by atoms with Crippen molar-refractivity contribution in [3.05, 3.63) is 55.0 Å². The van der Waals surface area contributed by atoms with Gasteiger partial charge in [-0.2, -0.15) is 5.10 Å². The van der Waals surface area contributed by atoms with Crippen LogP contribution in [0.2, 0.25) is 0 Å². The monoisotopic (exact) mass is 304 g/mol. The molecule has 114 valence electrons. The molecule has 1 N–H and O–H groups in total. The average molecular weight is 304 g/mol. The summed E-state index contributed by atoms with van der Waals surface area (Å²) < 4.78 is 7.27. The first-order valence-electron chi connectivity index (χ1n) is 7.35. The molecule has 5 heteroatoms. The molecule has 0 amide bonds. The molecule has 0 spiro atoms. The minimum Gasteiger partial charge on any atom is -0.497 e.